The first-order valence-electron chi connectivity index (χ1n) is 8.28. The maximum absolute atomic E-state index is 13.0. The molecule has 0 aliphatic rings. The molecular weight excluding hydrogens is 403 g/mol. The van der Waals surface area contributed by atoms with Crippen LogP contribution in [-0.2, 0) is 10.0 Å². The van der Waals surface area contributed by atoms with E-state index in [1.165, 1.54) is 36.4 Å². The van der Waals surface area contributed by atoms with Gasteiger partial charge in [-0.25, -0.2) is 17.5 Å². The first-order chi connectivity index (χ1) is 13.2. The molecule has 0 atom stereocenters. The van der Waals surface area contributed by atoms with Gasteiger partial charge in [0.1, 0.15) is 5.82 Å². The fourth-order valence-electron chi connectivity index (χ4n) is 2.34. The molecule has 1 aromatic heterocycles. The van der Waals surface area contributed by atoms with Crippen molar-refractivity contribution >= 4 is 32.6 Å². The van der Waals surface area contributed by atoms with Crippen molar-refractivity contribution in [2.75, 3.05) is 5.32 Å². The number of carbonyl (C=O) groups is 1. The van der Waals surface area contributed by atoms with E-state index in [0.29, 0.717) is 11.4 Å². The molecule has 0 bridgehead atoms. The molecule has 0 saturated heterocycles. The van der Waals surface area contributed by atoms with Gasteiger partial charge in [0.15, 0.2) is 5.82 Å². The molecule has 0 aliphatic heterocycles. The summed E-state index contributed by atoms with van der Waals surface area (Å²) < 4.78 is 44.2. The molecule has 0 spiro atoms. The highest BCUT2D eigenvalue weighted by Gasteiger charge is 2.18. The second-order valence-electron chi connectivity index (χ2n) is 6.19. The number of rotatable bonds is 6. The van der Waals surface area contributed by atoms with Crippen molar-refractivity contribution in [1.82, 2.24) is 14.1 Å². The number of nitrogens with one attached hydrogen (secondary N) is 2. The highest BCUT2D eigenvalue weighted by Crippen LogP contribution is 2.22. The summed E-state index contributed by atoms with van der Waals surface area (Å²) >= 11 is 0.972. The normalized spacial score (nSPS) is 11.6. The summed E-state index contributed by atoms with van der Waals surface area (Å²) in [5, 5.41) is 2.84. The van der Waals surface area contributed by atoms with Crippen molar-refractivity contribution in [1.29, 1.82) is 0 Å². The average Bonchev–Trinajstić information content (AvgIpc) is 3.10. The van der Waals surface area contributed by atoms with Crippen LogP contribution in [0.15, 0.2) is 53.4 Å². The Morgan fingerprint density at radius 1 is 1.14 bits per heavy atom. The number of aromatic nitrogens is 2. The molecule has 0 unspecified atom stereocenters. The third kappa shape index (κ3) is 4.77. The largest absolute Gasteiger partial charge is 0.297 e. The number of sulfonamides is 1. The van der Waals surface area contributed by atoms with Crippen molar-refractivity contribution in [3.05, 3.63) is 59.9 Å². The Labute approximate surface area is 165 Å². The van der Waals surface area contributed by atoms with Gasteiger partial charge in [-0.2, -0.15) is 9.36 Å². The van der Waals surface area contributed by atoms with E-state index in [-0.39, 0.29) is 27.4 Å². The second kappa shape index (κ2) is 8.13. The zero-order chi connectivity index (χ0) is 20.3. The average molecular weight is 420 g/mol. The molecule has 0 aliphatic carbocycles. The zero-order valence-electron chi connectivity index (χ0n) is 15.0. The molecular formula is C18H17FN4O3S2. The summed E-state index contributed by atoms with van der Waals surface area (Å²) in [6.07, 6.45) is 0. The van der Waals surface area contributed by atoms with E-state index in [1.807, 2.05) is 0 Å². The SMILES string of the molecule is CC(C)NS(=O)(=O)c1cccc(C(=O)Nc2nc(-c3ccc(F)cc3)ns2)c1. The smallest absolute Gasteiger partial charge is 0.257 e. The molecule has 10 heteroatoms. The van der Waals surface area contributed by atoms with Crippen molar-refractivity contribution in [2.45, 2.75) is 24.8 Å². The minimum Gasteiger partial charge on any atom is -0.297 e. The predicted octanol–water partition coefficient (Wildman–Crippen LogP) is 3.28. The molecule has 2 aromatic carbocycles. The summed E-state index contributed by atoms with van der Waals surface area (Å²) in [5.74, 6) is -0.518. The Bertz CT molecular complexity index is 1100. The third-order valence-electron chi connectivity index (χ3n) is 3.55. The summed E-state index contributed by atoms with van der Waals surface area (Å²) in [5.41, 5.74) is 0.788. The number of nitrogens with zero attached hydrogens (tertiary/aromatic N) is 2. The van der Waals surface area contributed by atoms with Gasteiger partial charge in [-0.05, 0) is 56.3 Å². The van der Waals surface area contributed by atoms with E-state index in [0.717, 1.165) is 11.5 Å². The molecule has 1 amide bonds. The molecule has 146 valence electrons. The lowest BCUT2D eigenvalue weighted by molar-refractivity contribution is 0.102. The van der Waals surface area contributed by atoms with E-state index in [9.17, 15) is 17.6 Å². The third-order valence-corrected chi connectivity index (χ3v) is 5.83. The summed E-state index contributed by atoms with van der Waals surface area (Å²) in [4.78, 5) is 16.7. The van der Waals surface area contributed by atoms with Crippen molar-refractivity contribution in [3.8, 4) is 11.4 Å². The van der Waals surface area contributed by atoms with Gasteiger partial charge in [-0.15, -0.1) is 0 Å². The summed E-state index contributed by atoms with van der Waals surface area (Å²) in [6, 6.07) is 11.1. The van der Waals surface area contributed by atoms with E-state index in [4.69, 9.17) is 0 Å². The van der Waals surface area contributed by atoms with E-state index in [1.54, 1.807) is 26.0 Å². The summed E-state index contributed by atoms with van der Waals surface area (Å²) in [6.45, 7) is 3.42. The number of benzene rings is 2. The molecule has 3 rings (SSSR count). The fraction of sp³-hybridized carbons (Fsp3) is 0.167. The first kappa shape index (κ1) is 20.1. The van der Waals surface area contributed by atoms with Crippen LogP contribution in [0.5, 0.6) is 0 Å². The lowest BCUT2D eigenvalue weighted by atomic mass is 10.2. The van der Waals surface area contributed by atoms with Gasteiger partial charge < -0.3 is 0 Å². The molecule has 0 fully saturated rings. The van der Waals surface area contributed by atoms with Crippen LogP contribution in [0.4, 0.5) is 9.52 Å². The molecule has 0 radical (unpaired) electrons. The topological polar surface area (TPSA) is 101 Å². The molecule has 3 aromatic rings. The molecule has 7 nitrogen and oxygen atoms in total. The highest BCUT2D eigenvalue weighted by atomic mass is 32.2. The predicted molar refractivity (Wildman–Crippen MR) is 105 cm³/mol. The number of hydrogen-bond acceptors (Lipinski definition) is 6. The zero-order valence-corrected chi connectivity index (χ0v) is 16.6. The highest BCUT2D eigenvalue weighted by molar-refractivity contribution is 7.89. The second-order valence-corrected chi connectivity index (χ2v) is 8.65. The quantitative estimate of drug-likeness (QED) is 0.637. The van der Waals surface area contributed by atoms with Gasteiger partial charge in [-0.1, -0.05) is 6.07 Å². The van der Waals surface area contributed by atoms with Crippen LogP contribution < -0.4 is 10.0 Å². The number of amides is 1. The van der Waals surface area contributed by atoms with E-state index < -0.39 is 15.9 Å². The van der Waals surface area contributed by atoms with Crippen LogP contribution in [0.1, 0.15) is 24.2 Å². The van der Waals surface area contributed by atoms with Crippen LogP contribution in [0, 0.1) is 5.82 Å². The monoisotopic (exact) mass is 420 g/mol. The maximum atomic E-state index is 13.0. The van der Waals surface area contributed by atoms with Crippen molar-refractivity contribution in [3.63, 3.8) is 0 Å². The minimum absolute atomic E-state index is 0.00175. The van der Waals surface area contributed by atoms with Crippen LogP contribution in [0.3, 0.4) is 0 Å². The standard InChI is InChI=1S/C18H17FN4O3S2/c1-11(2)23-28(25,26)15-5-3-4-13(10-15)17(24)21-18-20-16(22-27-18)12-6-8-14(19)9-7-12/h3-11,23H,1-2H3,(H,20,21,22,24). The summed E-state index contributed by atoms with van der Waals surface area (Å²) in [7, 11) is -3.71. The van der Waals surface area contributed by atoms with Crippen LogP contribution in [0.25, 0.3) is 11.4 Å². The fourth-order valence-corrected chi connectivity index (χ4v) is 4.22. The minimum atomic E-state index is -3.71. The Morgan fingerprint density at radius 2 is 1.86 bits per heavy atom. The number of hydrogen-bond donors (Lipinski definition) is 2. The number of anilines is 1. The van der Waals surface area contributed by atoms with Crippen LogP contribution in [0.2, 0.25) is 0 Å². The number of carbonyl (C=O) groups excluding carboxylic acids is 1. The Morgan fingerprint density at radius 3 is 2.54 bits per heavy atom. The van der Waals surface area contributed by atoms with Crippen LogP contribution >= 0.6 is 11.5 Å². The van der Waals surface area contributed by atoms with Gasteiger partial charge >= 0.3 is 0 Å². The molecule has 2 N–H and O–H groups in total. The van der Waals surface area contributed by atoms with Gasteiger partial charge in [0.05, 0.1) is 4.90 Å². The van der Waals surface area contributed by atoms with Crippen LogP contribution in [-0.4, -0.2) is 29.7 Å². The lowest BCUT2D eigenvalue weighted by Gasteiger charge is -2.10. The van der Waals surface area contributed by atoms with E-state index >= 15 is 0 Å². The van der Waals surface area contributed by atoms with Gasteiger partial charge in [0, 0.05) is 28.7 Å². The first-order valence-corrected chi connectivity index (χ1v) is 10.5. The Kier molecular flexibility index (Phi) is 5.82. The van der Waals surface area contributed by atoms with Crippen molar-refractivity contribution < 1.29 is 17.6 Å². The van der Waals surface area contributed by atoms with Gasteiger partial charge in [-0.3, -0.25) is 10.1 Å². The lowest BCUT2D eigenvalue weighted by Crippen LogP contribution is -2.30. The van der Waals surface area contributed by atoms with Crippen molar-refractivity contribution in [2.24, 2.45) is 0 Å². The molecule has 1 heterocycles. The van der Waals surface area contributed by atoms with E-state index in [2.05, 4.69) is 19.4 Å². The Balaban J connectivity index is 1.77. The van der Waals surface area contributed by atoms with Gasteiger partial charge in [0.2, 0.25) is 15.2 Å². The molecule has 0 saturated carbocycles. The maximum Gasteiger partial charge on any atom is 0.257 e. The Hall–Kier alpha value is -2.69. The number of halogens is 1. The molecule has 28 heavy (non-hydrogen) atoms. The van der Waals surface area contributed by atoms with Gasteiger partial charge in [0.25, 0.3) is 5.91 Å².